The van der Waals surface area contributed by atoms with Gasteiger partial charge in [-0.25, -0.2) is 16.8 Å². The number of aliphatic hydroxyl groups excluding tert-OH is 1. The number of para-hydroxylation sites is 1. The van der Waals surface area contributed by atoms with E-state index in [0.29, 0.717) is 0 Å². The van der Waals surface area contributed by atoms with Gasteiger partial charge in [0.1, 0.15) is 16.0 Å². The average molecular weight is 613 g/mol. The highest BCUT2D eigenvalue weighted by molar-refractivity contribution is 7.92. The Balaban J connectivity index is 1.79. The van der Waals surface area contributed by atoms with Gasteiger partial charge in [-0.05, 0) is 44.4 Å². The molecule has 0 unspecified atom stereocenters. The lowest BCUT2D eigenvalue weighted by atomic mass is 9.99. The second kappa shape index (κ2) is 11.5. The van der Waals surface area contributed by atoms with E-state index in [0.717, 1.165) is 11.3 Å². The number of fused-ring (bicyclic) bond motifs is 1. The van der Waals surface area contributed by atoms with Crippen molar-refractivity contribution in [1.82, 2.24) is 14.4 Å². The number of sulfonamides is 2. The van der Waals surface area contributed by atoms with Crippen LogP contribution in [0.25, 0.3) is 0 Å². The second-order valence-corrected chi connectivity index (χ2v) is 14.6. The van der Waals surface area contributed by atoms with Gasteiger partial charge in [0.2, 0.25) is 0 Å². The van der Waals surface area contributed by atoms with Gasteiger partial charge in [-0.1, -0.05) is 24.2 Å². The van der Waals surface area contributed by atoms with E-state index in [2.05, 4.69) is 9.88 Å². The van der Waals surface area contributed by atoms with Crippen LogP contribution < -0.4 is 9.46 Å². The Bertz CT molecular complexity index is 1570. The number of anilines is 1. The number of carbonyl (C=O) groups excluding carboxylic acids is 1. The fourth-order valence-electron chi connectivity index (χ4n) is 4.51. The van der Waals surface area contributed by atoms with Crippen molar-refractivity contribution in [3.63, 3.8) is 0 Å². The van der Waals surface area contributed by atoms with Gasteiger partial charge in [0.25, 0.3) is 26.0 Å². The highest BCUT2D eigenvalue weighted by Gasteiger charge is 2.37. The first-order valence-corrected chi connectivity index (χ1v) is 16.2. The number of nitrogens with one attached hydrogen (secondary N) is 1. The fraction of sp³-hybridized carbons (Fsp3) is 0.440. The summed E-state index contributed by atoms with van der Waals surface area (Å²) in [6.45, 7) is 6.26. The number of aliphatic hydroxyl groups is 1. The number of hydrogen-bond donors (Lipinski definition) is 2. The summed E-state index contributed by atoms with van der Waals surface area (Å²) in [6, 6.07) is 7.07. The largest absolute Gasteiger partial charge is 0.486 e. The molecule has 4 rings (SSSR count). The van der Waals surface area contributed by atoms with Crippen LogP contribution in [0.5, 0.6) is 5.75 Å². The third-order valence-electron chi connectivity index (χ3n) is 6.77. The molecule has 1 amide bonds. The van der Waals surface area contributed by atoms with Crippen LogP contribution in [-0.2, 0) is 20.0 Å². The van der Waals surface area contributed by atoms with Crippen LogP contribution in [0.2, 0.25) is 0 Å². The number of carbonyl (C=O) groups is 1. The third kappa shape index (κ3) is 5.74. The molecule has 3 heterocycles. The van der Waals surface area contributed by atoms with Crippen LogP contribution in [-0.4, -0.2) is 81.1 Å². The van der Waals surface area contributed by atoms with E-state index in [9.17, 15) is 26.7 Å². The van der Waals surface area contributed by atoms with Crippen molar-refractivity contribution in [2.45, 2.75) is 48.9 Å². The van der Waals surface area contributed by atoms with Crippen LogP contribution in [0.3, 0.4) is 0 Å². The molecular formula is C25H32N4O8S3. The summed E-state index contributed by atoms with van der Waals surface area (Å²) in [5, 5.41) is 15.3. The molecule has 0 bridgehead atoms. The van der Waals surface area contributed by atoms with E-state index in [-0.39, 0.29) is 57.3 Å². The van der Waals surface area contributed by atoms with Crippen molar-refractivity contribution in [1.29, 1.82) is 0 Å². The molecule has 2 N–H and O–H groups in total. The van der Waals surface area contributed by atoms with E-state index in [1.165, 1.54) is 54.4 Å². The Hall–Kier alpha value is -2.98. The molecule has 218 valence electrons. The Morgan fingerprint density at radius 3 is 2.55 bits per heavy atom. The van der Waals surface area contributed by atoms with Crippen molar-refractivity contribution in [2.24, 2.45) is 5.92 Å². The van der Waals surface area contributed by atoms with E-state index in [1.807, 2.05) is 6.92 Å². The molecular weight excluding hydrogens is 580 g/mol. The summed E-state index contributed by atoms with van der Waals surface area (Å²) >= 11 is 1.09. The maximum absolute atomic E-state index is 13.7. The number of likely N-dealkylation sites (N-methyl/N-ethyl adjacent to an activating group) is 1. The van der Waals surface area contributed by atoms with Crippen molar-refractivity contribution < 1.29 is 36.0 Å². The van der Waals surface area contributed by atoms with Crippen molar-refractivity contribution in [3.05, 3.63) is 52.7 Å². The molecule has 2 aromatic heterocycles. The molecule has 0 spiro atoms. The molecule has 12 nitrogen and oxygen atoms in total. The van der Waals surface area contributed by atoms with Crippen LogP contribution in [0.15, 0.2) is 49.3 Å². The van der Waals surface area contributed by atoms with Gasteiger partial charge < -0.3 is 19.3 Å². The molecule has 0 aliphatic carbocycles. The molecule has 0 saturated carbocycles. The zero-order chi connectivity index (χ0) is 29.4. The molecule has 1 aliphatic heterocycles. The molecule has 1 aliphatic rings. The van der Waals surface area contributed by atoms with Gasteiger partial charge in [0.05, 0.1) is 30.4 Å². The number of rotatable bonds is 9. The van der Waals surface area contributed by atoms with E-state index in [1.54, 1.807) is 18.4 Å². The van der Waals surface area contributed by atoms with E-state index >= 15 is 0 Å². The summed E-state index contributed by atoms with van der Waals surface area (Å²) in [4.78, 5) is 15.0. The normalized spacial score (nSPS) is 19.1. The van der Waals surface area contributed by atoms with Crippen molar-refractivity contribution >= 4 is 43.0 Å². The zero-order valence-electron chi connectivity index (χ0n) is 22.7. The minimum atomic E-state index is -4.20. The smallest absolute Gasteiger partial charge is 0.267 e. The summed E-state index contributed by atoms with van der Waals surface area (Å²) in [5.41, 5.74) is 0.223. The van der Waals surface area contributed by atoms with Gasteiger partial charge in [-0.3, -0.25) is 9.52 Å². The third-order valence-corrected chi connectivity index (χ3v) is 11.6. The predicted octanol–water partition coefficient (Wildman–Crippen LogP) is 2.69. The number of aromatic nitrogens is 1. The molecule has 40 heavy (non-hydrogen) atoms. The number of aryl methyl sites for hydroxylation is 2. The second-order valence-electron chi connectivity index (χ2n) is 9.78. The van der Waals surface area contributed by atoms with Crippen molar-refractivity contribution in [2.75, 3.05) is 31.5 Å². The molecule has 0 fully saturated rings. The first-order valence-electron chi connectivity index (χ1n) is 12.4. The number of ether oxygens (including phenoxy) is 1. The van der Waals surface area contributed by atoms with Crippen LogP contribution in [0, 0.1) is 19.8 Å². The molecule has 1 aromatic carbocycles. The first kappa shape index (κ1) is 30.0. The molecule has 3 atom stereocenters. The zero-order valence-corrected chi connectivity index (χ0v) is 25.1. The lowest BCUT2D eigenvalue weighted by molar-refractivity contribution is 0.0389. The summed E-state index contributed by atoms with van der Waals surface area (Å²) < 4.78 is 68.3. The molecule has 3 aromatic rings. The topological polar surface area (TPSA) is 159 Å². The van der Waals surface area contributed by atoms with Crippen LogP contribution >= 0.6 is 11.3 Å². The Morgan fingerprint density at radius 2 is 1.95 bits per heavy atom. The standard InChI is InChI=1S/C25H32N4O8S3/c1-15-12-29(16(2)14-30)25(31)19-8-6-9-20(27-39(32,33)24-17(3)26-37-18(24)4)23(19)36-21(15)13-28(5)40(34,35)22-10-7-11-38-22/h6-11,15-16,21,27,30H,12-14H2,1-5H3/t15-,16+,21-/m0/s1. The minimum absolute atomic E-state index is 0.00896. The number of amides is 1. The van der Waals surface area contributed by atoms with Gasteiger partial charge in [-0.2, -0.15) is 4.31 Å². The Morgan fingerprint density at radius 1 is 1.23 bits per heavy atom. The maximum Gasteiger partial charge on any atom is 0.267 e. The first-order chi connectivity index (χ1) is 18.8. The quantitative estimate of drug-likeness (QED) is 0.370. The SMILES string of the molecule is Cc1noc(C)c1S(=O)(=O)Nc1cccc2c1O[C@@H](CN(C)S(=O)(=O)c1cccs1)[C@@H](C)CN([C@H](C)CO)C2=O. The highest BCUT2D eigenvalue weighted by atomic mass is 32.2. The average Bonchev–Trinajstić information content (AvgIpc) is 3.56. The minimum Gasteiger partial charge on any atom is -0.486 e. The lowest BCUT2D eigenvalue weighted by Gasteiger charge is -2.38. The van der Waals surface area contributed by atoms with Crippen LogP contribution in [0.1, 0.15) is 35.7 Å². The predicted molar refractivity (Wildman–Crippen MR) is 149 cm³/mol. The monoisotopic (exact) mass is 612 g/mol. The number of nitrogens with zero attached hydrogens (tertiary/aromatic N) is 3. The Labute approximate surface area is 237 Å². The number of hydrogen-bond acceptors (Lipinski definition) is 10. The molecule has 15 heteroatoms. The fourth-order valence-corrected chi connectivity index (χ4v) is 8.29. The molecule has 0 saturated heterocycles. The number of thiophene rings is 1. The van der Waals surface area contributed by atoms with Gasteiger partial charge in [0.15, 0.2) is 16.4 Å². The van der Waals surface area contributed by atoms with Crippen molar-refractivity contribution in [3.8, 4) is 5.75 Å². The van der Waals surface area contributed by atoms with Gasteiger partial charge in [-0.15, -0.1) is 11.3 Å². The lowest BCUT2D eigenvalue weighted by Crippen LogP contribution is -2.50. The summed E-state index contributed by atoms with van der Waals surface area (Å²) in [7, 11) is -6.58. The summed E-state index contributed by atoms with van der Waals surface area (Å²) in [5.74, 6) is -0.814. The van der Waals surface area contributed by atoms with E-state index in [4.69, 9.17) is 9.26 Å². The highest BCUT2D eigenvalue weighted by Crippen LogP contribution is 2.37. The summed E-state index contributed by atoms with van der Waals surface area (Å²) in [6.07, 6.45) is -0.787. The number of benzene rings is 1. The Kier molecular flexibility index (Phi) is 8.61. The van der Waals surface area contributed by atoms with Gasteiger partial charge in [0, 0.05) is 19.5 Å². The van der Waals surface area contributed by atoms with Gasteiger partial charge >= 0.3 is 0 Å². The van der Waals surface area contributed by atoms with Crippen LogP contribution in [0.4, 0.5) is 5.69 Å². The maximum atomic E-state index is 13.7. The van der Waals surface area contributed by atoms with E-state index < -0.39 is 44.0 Å². The molecule has 0 radical (unpaired) electrons.